The molecule has 0 spiro atoms. The third-order valence-corrected chi connectivity index (χ3v) is 18.3. The van der Waals surface area contributed by atoms with E-state index in [1.54, 1.807) is 71.3 Å². The lowest BCUT2D eigenvalue weighted by Gasteiger charge is -2.57. The van der Waals surface area contributed by atoms with Crippen LogP contribution in [0.3, 0.4) is 0 Å². The Morgan fingerprint density at radius 2 is 0.897 bits per heavy atom. The molecule has 0 aromatic heterocycles. The average Bonchev–Trinajstić information content (AvgIpc) is 3.22. The molecule has 78 heavy (non-hydrogen) atoms. The normalized spacial score (nSPS) is 32.3. The number of carbonyl (C=O) groups is 6. The van der Waals surface area contributed by atoms with Gasteiger partial charge in [-0.2, -0.15) is 0 Å². The number of ether oxygens (including phenoxy) is 6. The van der Waals surface area contributed by atoms with E-state index < -0.39 is 88.4 Å². The third-order valence-electron chi connectivity index (χ3n) is 17.6. The summed E-state index contributed by atoms with van der Waals surface area (Å²) in [5.74, 6) is -1.20. The maximum absolute atomic E-state index is 13.5. The number of benzene rings is 3. The van der Waals surface area contributed by atoms with E-state index in [4.69, 9.17) is 63.2 Å². The molecule has 18 nitrogen and oxygen atoms in total. The van der Waals surface area contributed by atoms with Crippen LogP contribution in [0.1, 0.15) is 76.0 Å². The number of aliphatic hydroxyl groups excluding tert-OH is 3. The summed E-state index contributed by atoms with van der Waals surface area (Å²) in [6.07, 6.45) is 6.82. The molecule has 0 radical (unpaired) electrons. The number of allylic oxidation sites excluding steroid dienone is 1. The Bertz CT molecular complexity index is 2660. The molecule has 6 aliphatic heterocycles. The van der Waals surface area contributed by atoms with E-state index in [1.807, 2.05) is 60.7 Å². The maximum atomic E-state index is 13.5. The fourth-order valence-electron chi connectivity index (χ4n) is 13.0. The standard InChI is InChI=1S/C23H28ClNO5.2C17H20ClNO5/c1-22-18(12-13-24)20(27)25(14-15-8-10-17(29-2)11-9-15)23(22,21(28)30-22)19(26)16-6-4-3-5-7-16;2*1-16-13(7-8-18)14(21)19(17(16,10-20)15(22)24-16)9-11-3-5-12(23-2)6-4-11/h4,6,8-11,16,18-19,26H,3,5,7,12-14H2,1-2H3;2*3-6,13,20H,7-10H2,1-2H3/t16-,18+,19+,22+,23?;13-,16+,17?;13-,16-,17?/m110/s1. The van der Waals surface area contributed by atoms with Crippen molar-refractivity contribution in [2.24, 2.45) is 23.7 Å². The number of methoxy groups -OCH3 is 3. The van der Waals surface area contributed by atoms with Crippen molar-refractivity contribution in [2.75, 3.05) is 52.2 Å². The number of carbonyl (C=O) groups excluding carboxylic acids is 6. The van der Waals surface area contributed by atoms with Crippen LogP contribution >= 0.6 is 34.8 Å². The number of alkyl halides is 3. The Labute approximate surface area is 468 Å². The highest BCUT2D eigenvalue weighted by atomic mass is 35.5. The van der Waals surface area contributed by atoms with Crippen molar-refractivity contribution in [3.8, 4) is 17.2 Å². The first-order valence-electron chi connectivity index (χ1n) is 26.1. The van der Waals surface area contributed by atoms with Gasteiger partial charge in [0.1, 0.15) is 17.2 Å². The summed E-state index contributed by atoms with van der Waals surface area (Å²) in [6.45, 7) is 4.88. The lowest BCUT2D eigenvalue weighted by atomic mass is 9.64. The first-order chi connectivity index (χ1) is 37.3. The number of hydrogen-bond donors (Lipinski definition) is 3. The largest absolute Gasteiger partial charge is 0.497 e. The molecular formula is C57H68Cl3N3O15. The highest BCUT2D eigenvalue weighted by Gasteiger charge is 2.83. The zero-order chi connectivity index (χ0) is 56.6. The molecule has 0 bridgehead atoms. The summed E-state index contributed by atoms with van der Waals surface area (Å²) in [5, 5.41) is 31.5. The van der Waals surface area contributed by atoms with Gasteiger partial charge in [-0.1, -0.05) is 48.6 Å². The Hall–Kier alpha value is -5.63. The van der Waals surface area contributed by atoms with Crippen LogP contribution in [-0.2, 0) is 62.6 Å². The van der Waals surface area contributed by atoms with E-state index >= 15 is 0 Å². The molecule has 6 fully saturated rings. The molecule has 3 amide bonds. The van der Waals surface area contributed by atoms with Gasteiger partial charge in [-0.15, -0.1) is 34.8 Å². The summed E-state index contributed by atoms with van der Waals surface area (Å²) in [7, 11) is 4.74. The Balaban J connectivity index is 0.000000156. The van der Waals surface area contributed by atoms with Crippen molar-refractivity contribution in [1.82, 2.24) is 14.7 Å². The van der Waals surface area contributed by atoms with Gasteiger partial charge in [0.05, 0.1) is 58.4 Å². The van der Waals surface area contributed by atoms with Crippen LogP contribution in [0.15, 0.2) is 84.9 Å². The summed E-state index contributed by atoms with van der Waals surface area (Å²) in [4.78, 5) is 81.3. The number of amides is 3. The Morgan fingerprint density at radius 3 is 1.21 bits per heavy atom. The van der Waals surface area contributed by atoms with Crippen LogP contribution in [0, 0.1) is 23.7 Å². The predicted molar refractivity (Wildman–Crippen MR) is 285 cm³/mol. The summed E-state index contributed by atoms with van der Waals surface area (Å²) in [5.41, 5.74) is -4.74. The minimum absolute atomic E-state index is 0.196. The van der Waals surface area contributed by atoms with Gasteiger partial charge >= 0.3 is 17.9 Å². The molecule has 3 aromatic rings. The molecule has 10 rings (SSSR count). The van der Waals surface area contributed by atoms with Gasteiger partial charge in [0.25, 0.3) is 0 Å². The van der Waals surface area contributed by atoms with Crippen molar-refractivity contribution < 1.29 is 72.5 Å². The van der Waals surface area contributed by atoms with Gasteiger partial charge in [-0.3, -0.25) is 14.4 Å². The highest BCUT2D eigenvalue weighted by Crippen LogP contribution is 2.60. The van der Waals surface area contributed by atoms with Crippen molar-refractivity contribution in [1.29, 1.82) is 0 Å². The van der Waals surface area contributed by atoms with Crippen molar-refractivity contribution in [2.45, 2.75) is 118 Å². The van der Waals surface area contributed by atoms with Crippen molar-refractivity contribution in [3.05, 3.63) is 102 Å². The zero-order valence-corrected chi connectivity index (χ0v) is 46.9. The fraction of sp³-hybridized carbons (Fsp3) is 0.544. The first kappa shape index (κ1) is 58.5. The van der Waals surface area contributed by atoms with E-state index in [-0.39, 0.29) is 60.9 Å². The lowest BCUT2D eigenvalue weighted by molar-refractivity contribution is -0.256. The molecule has 422 valence electrons. The van der Waals surface area contributed by atoms with Crippen LogP contribution in [0.2, 0.25) is 0 Å². The number of hydrogen-bond acceptors (Lipinski definition) is 15. The summed E-state index contributed by atoms with van der Waals surface area (Å²) < 4.78 is 31.8. The van der Waals surface area contributed by atoms with Gasteiger partial charge in [0.2, 0.25) is 34.3 Å². The molecule has 3 unspecified atom stereocenters. The molecular weight excluding hydrogens is 1070 g/mol. The average molecular weight is 1140 g/mol. The number of rotatable bonds is 19. The van der Waals surface area contributed by atoms with Gasteiger partial charge in [-0.25, -0.2) is 14.4 Å². The molecule has 7 aliphatic rings. The molecule has 1 aliphatic carbocycles. The number of likely N-dealkylation sites (tertiary alicyclic amines) is 3. The second kappa shape index (κ2) is 22.8. The van der Waals surface area contributed by atoms with E-state index in [0.29, 0.717) is 36.5 Å². The topological polar surface area (TPSA) is 228 Å². The number of aliphatic hydroxyl groups is 3. The van der Waals surface area contributed by atoms with Gasteiger partial charge in [0, 0.05) is 43.2 Å². The second-order valence-electron chi connectivity index (χ2n) is 21.2. The molecule has 3 aromatic carbocycles. The van der Waals surface area contributed by atoms with Crippen LogP contribution in [0.5, 0.6) is 17.2 Å². The van der Waals surface area contributed by atoms with Crippen LogP contribution < -0.4 is 14.2 Å². The van der Waals surface area contributed by atoms with Crippen LogP contribution in [0.25, 0.3) is 0 Å². The third kappa shape index (κ3) is 8.87. The molecule has 0 saturated carbocycles. The summed E-state index contributed by atoms with van der Waals surface area (Å²) >= 11 is 17.6. The molecule has 11 atom stereocenters. The number of nitrogens with zero attached hydrogens (tertiary/aromatic N) is 3. The quantitative estimate of drug-likeness (QED) is 0.0565. The van der Waals surface area contributed by atoms with E-state index in [9.17, 15) is 44.1 Å². The highest BCUT2D eigenvalue weighted by molar-refractivity contribution is 6.18. The fourth-order valence-corrected chi connectivity index (χ4v) is 13.7. The monoisotopic (exact) mass is 1140 g/mol. The van der Waals surface area contributed by atoms with E-state index in [1.165, 1.54) is 9.80 Å². The molecule has 6 heterocycles. The second-order valence-corrected chi connectivity index (χ2v) is 22.3. The summed E-state index contributed by atoms with van der Waals surface area (Å²) in [6, 6.07) is 21.8. The SMILES string of the molecule is COc1ccc(CN2C(=O)[C@@H](CCCl)[C@]3(C)OC(=O)C23CO)cc1.COc1ccc(CN2C(=O)[C@H](CCCl)[C@]3(C)OC(=O)C23CO)cc1.COc1ccc(CN2C(=O)[C@H](CCCl)[C@]3(C)OC(=O)C23[C@@H](O)[C@@H]2C=CCCC2)cc1. The smallest absolute Gasteiger partial charge is 0.339 e. The number of fused-ring (bicyclic) bond motifs is 3. The van der Waals surface area contributed by atoms with E-state index in [2.05, 4.69) is 0 Å². The minimum Gasteiger partial charge on any atom is -0.497 e. The predicted octanol–water partition coefficient (Wildman–Crippen LogP) is 5.71. The molecule has 3 N–H and O–H groups in total. The van der Waals surface area contributed by atoms with Crippen molar-refractivity contribution in [3.63, 3.8) is 0 Å². The van der Waals surface area contributed by atoms with Gasteiger partial charge in [0.15, 0.2) is 16.8 Å². The first-order valence-corrected chi connectivity index (χ1v) is 27.7. The van der Waals surface area contributed by atoms with Crippen LogP contribution in [-0.4, -0.2) is 157 Å². The van der Waals surface area contributed by atoms with Crippen LogP contribution in [0.4, 0.5) is 0 Å². The molecule has 21 heteroatoms. The maximum Gasteiger partial charge on any atom is 0.339 e. The van der Waals surface area contributed by atoms with Crippen molar-refractivity contribution >= 4 is 70.4 Å². The Kier molecular flexibility index (Phi) is 17.1. The number of halogens is 3. The van der Waals surface area contributed by atoms with Gasteiger partial charge < -0.3 is 58.4 Å². The van der Waals surface area contributed by atoms with E-state index in [0.717, 1.165) is 36.0 Å². The van der Waals surface area contributed by atoms with Gasteiger partial charge in [-0.05, 0) is 112 Å². The zero-order valence-electron chi connectivity index (χ0n) is 44.6. The number of esters is 3. The molecule has 6 saturated heterocycles. The minimum atomic E-state index is -1.41. The lowest BCUT2D eigenvalue weighted by Crippen LogP contribution is -2.80. The Morgan fingerprint density at radius 1 is 0.551 bits per heavy atom.